The number of hydrazone groups is 1. The minimum atomic E-state index is -0.437. The van der Waals surface area contributed by atoms with Crippen LogP contribution in [0.2, 0.25) is 0 Å². The average Bonchev–Trinajstić information content (AvgIpc) is 3.22. The zero-order valence-corrected chi connectivity index (χ0v) is 20.6. The zero-order valence-electron chi connectivity index (χ0n) is 19.8. The number of ether oxygens (including phenoxy) is 2. The molecule has 0 unspecified atom stereocenters. The van der Waals surface area contributed by atoms with Crippen LogP contribution in [-0.4, -0.2) is 35.4 Å². The van der Waals surface area contributed by atoms with Gasteiger partial charge in [0.2, 0.25) is 0 Å². The van der Waals surface area contributed by atoms with Crippen molar-refractivity contribution >= 4 is 33.7 Å². The number of carbonyl (C=O) groups is 1. The lowest BCUT2D eigenvalue weighted by molar-refractivity contribution is -0.121. The molecule has 180 valence electrons. The van der Waals surface area contributed by atoms with Crippen LogP contribution in [0.25, 0.3) is 21.3 Å². The highest BCUT2D eigenvalue weighted by Crippen LogP contribution is 2.35. The van der Waals surface area contributed by atoms with E-state index >= 15 is 0 Å². The average molecular weight is 491 g/mol. The van der Waals surface area contributed by atoms with Crippen molar-refractivity contribution in [1.29, 1.82) is 0 Å². The second-order valence-corrected chi connectivity index (χ2v) is 9.01. The lowest BCUT2D eigenvalue weighted by atomic mass is 10.0. The molecule has 9 heteroatoms. The smallest absolute Gasteiger partial charge is 0.263 e. The highest BCUT2D eigenvalue weighted by molar-refractivity contribution is 7.19. The molecule has 8 nitrogen and oxygen atoms in total. The van der Waals surface area contributed by atoms with Gasteiger partial charge in [0.1, 0.15) is 11.4 Å². The Bertz CT molecular complexity index is 1430. The first-order valence-corrected chi connectivity index (χ1v) is 12.0. The maximum atomic E-state index is 13.2. The van der Waals surface area contributed by atoms with Crippen molar-refractivity contribution in [2.75, 3.05) is 13.7 Å². The third-order valence-corrected chi connectivity index (χ3v) is 6.30. The summed E-state index contributed by atoms with van der Waals surface area (Å²) in [5.74, 6) is 0.795. The number of aromatic nitrogens is 2. The molecule has 1 amide bonds. The first kappa shape index (κ1) is 24.2. The van der Waals surface area contributed by atoms with E-state index in [9.17, 15) is 9.59 Å². The molecule has 0 spiro atoms. The van der Waals surface area contributed by atoms with Crippen LogP contribution in [0.3, 0.4) is 0 Å². The van der Waals surface area contributed by atoms with Crippen LogP contribution in [0.4, 0.5) is 0 Å². The number of aryl methyl sites for hydroxylation is 1. The highest BCUT2D eigenvalue weighted by Gasteiger charge is 2.17. The number of amides is 1. The number of rotatable bonds is 9. The molecule has 0 bridgehead atoms. The molecule has 4 rings (SSSR count). The largest absolute Gasteiger partial charge is 0.493 e. The van der Waals surface area contributed by atoms with E-state index in [2.05, 4.69) is 15.5 Å². The summed E-state index contributed by atoms with van der Waals surface area (Å²) in [6.45, 7) is 4.40. The maximum absolute atomic E-state index is 13.2. The first-order valence-electron chi connectivity index (χ1n) is 11.2. The van der Waals surface area contributed by atoms with Gasteiger partial charge in [-0.3, -0.25) is 14.2 Å². The predicted octanol–water partition coefficient (Wildman–Crippen LogP) is 4.38. The number of hydrogen-bond acceptors (Lipinski definition) is 7. The van der Waals surface area contributed by atoms with E-state index in [-0.39, 0.29) is 12.1 Å². The number of fused-ring (bicyclic) bond motifs is 1. The van der Waals surface area contributed by atoms with Gasteiger partial charge in [0.05, 0.1) is 31.6 Å². The quantitative estimate of drug-likeness (QED) is 0.278. The lowest BCUT2D eigenvalue weighted by Gasteiger charge is -2.10. The van der Waals surface area contributed by atoms with Gasteiger partial charge in [-0.15, -0.1) is 11.3 Å². The summed E-state index contributed by atoms with van der Waals surface area (Å²) < 4.78 is 12.3. The Kier molecular flexibility index (Phi) is 7.57. The first-order chi connectivity index (χ1) is 17.0. The van der Waals surface area contributed by atoms with Gasteiger partial charge in [0.25, 0.3) is 11.5 Å². The Morgan fingerprint density at radius 3 is 2.74 bits per heavy atom. The molecule has 2 heterocycles. The third-order valence-electron chi connectivity index (χ3n) is 5.28. The van der Waals surface area contributed by atoms with Crippen molar-refractivity contribution in [1.82, 2.24) is 15.0 Å². The number of benzene rings is 2. The van der Waals surface area contributed by atoms with Crippen LogP contribution >= 0.6 is 11.3 Å². The fraction of sp³-hybridized carbons (Fsp3) is 0.231. The van der Waals surface area contributed by atoms with E-state index in [0.717, 1.165) is 28.0 Å². The Labute approximate surface area is 206 Å². The molecule has 2 aromatic carbocycles. The summed E-state index contributed by atoms with van der Waals surface area (Å²) in [5.41, 5.74) is 4.74. The Hall–Kier alpha value is -3.98. The predicted molar refractivity (Wildman–Crippen MR) is 139 cm³/mol. The number of methoxy groups -OCH3 is 1. The molecule has 0 atom stereocenters. The number of nitrogens with zero attached hydrogens (tertiary/aromatic N) is 3. The number of thiophene rings is 1. The topological polar surface area (TPSA) is 94.8 Å². The van der Waals surface area contributed by atoms with Crippen LogP contribution in [0.15, 0.2) is 64.8 Å². The van der Waals surface area contributed by atoms with Gasteiger partial charge >= 0.3 is 0 Å². The van der Waals surface area contributed by atoms with Gasteiger partial charge in [-0.1, -0.05) is 37.3 Å². The standard InChI is InChI=1S/C26H26N4O4S/c1-4-12-34-20-11-10-18(13-21(20)33-3)14-28-29-22(31)15-30-16-27-25-24(26(30)32)23(17(2)35-25)19-8-6-5-7-9-19/h5-11,13-14,16H,4,12,15H2,1-3H3,(H,29,31)/b28-14+. The SMILES string of the molecule is CCCOc1ccc(/C=N/NC(=O)Cn2cnc3sc(C)c(-c4ccccc4)c3c2=O)cc1OC. The fourth-order valence-corrected chi connectivity index (χ4v) is 4.67. The second-order valence-electron chi connectivity index (χ2n) is 7.81. The van der Waals surface area contributed by atoms with Crippen LogP contribution in [0, 0.1) is 6.92 Å². The van der Waals surface area contributed by atoms with Gasteiger partial charge in [0, 0.05) is 10.4 Å². The summed E-state index contributed by atoms with van der Waals surface area (Å²) in [6.07, 6.45) is 3.80. The minimum absolute atomic E-state index is 0.199. The van der Waals surface area contributed by atoms with Crippen molar-refractivity contribution in [2.24, 2.45) is 5.10 Å². The molecule has 0 aliphatic heterocycles. The molecular formula is C26H26N4O4S. The molecule has 0 aliphatic rings. The van der Waals surface area contributed by atoms with Gasteiger partial charge in [-0.25, -0.2) is 10.4 Å². The summed E-state index contributed by atoms with van der Waals surface area (Å²) in [5, 5.41) is 4.53. The van der Waals surface area contributed by atoms with Gasteiger partial charge in [-0.2, -0.15) is 5.10 Å². The molecule has 4 aromatic rings. The van der Waals surface area contributed by atoms with Crippen molar-refractivity contribution < 1.29 is 14.3 Å². The Balaban J connectivity index is 1.49. The normalized spacial score (nSPS) is 11.2. The zero-order chi connectivity index (χ0) is 24.8. The third kappa shape index (κ3) is 5.41. The van der Waals surface area contributed by atoms with Crippen molar-refractivity contribution in [3.63, 3.8) is 0 Å². The summed E-state index contributed by atoms with van der Waals surface area (Å²) >= 11 is 1.47. The van der Waals surface area contributed by atoms with E-state index in [1.807, 2.05) is 50.2 Å². The monoisotopic (exact) mass is 490 g/mol. The van der Waals surface area contributed by atoms with E-state index in [0.29, 0.717) is 28.3 Å². The number of nitrogens with one attached hydrogen (secondary N) is 1. The second kappa shape index (κ2) is 11.0. The molecule has 0 aliphatic carbocycles. The number of carbonyl (C=O) groups excluding carboxylic acids is 1. The van der Waals surface area contributed by atoms with Crippen LogP contribution in [-0.2, 0) is 11.3 Å². The summed E-state index contributed by atoms with van der Waals surface area (Å²) in [7, 11) is 1.57. The Morgan fingerprint density at radius 1 is 1.20 bits per heavy atom. The van der Waals surface area contributed by atoms with Crippen molar-refractivity contribution in [3.8, 4) is 22.6 Å². The molecule has 0 fully saturated rings. The van der Waals surface area contributed by atoms with E-state index < -0.39 is 5.91 Å². The van der Waals surface area contributed by atoms with Crippen molar-refractivity contribution in [2.45, 2.75) is 26.8 Å². The van der Waals surface area contributed by atoms with Gasteiger partial charge < -0.3 is 9.47 Å². The molecule has 0 saturated carbocycles. The molecule has 0 saturated heterocycles. The molecule has 2 aromatic heterocycles. The summed E-state index contributed by atoms with van der Waals surface area (Å²) in [6, 6.07) is 15.1. The van der Waals surface area contributed by atoms with Gasteiger partial charge in [0.15, 0.2) is 11.5 Å². The highest BCUT2D eigenvalue weighted by atomic mass is 32.1. The van der Waals surface area contributed by atoms with E-state index in [1.165, 1.54) is 28.4 Å². The van der Waals surface area contributed by atoms with Crippen LogP contribution < -0.4 is 20.5 Å². The van der Waals surface area contributed by atoms with Crippen molar-refractivity contribution in [3.05, 3.63) is 75.7 Å². The number of hydrogen-bond donors (Lipinski definition) is 1. The van der Waals surface area contributed by atoms with Crippen LogP contribution in [0.1, 0.15) is 23.8 Å². The molecule has 35 heavy (non-hydrogen) atoms. The van der Waals surface area contributed by atoms with E-state index in [4.69, 9.17) is 9.47 Å². The lowest BCUT2D eigenvalue weighted by Crippen LogP contribution is -2.30. The Morgan fingerprint density at radius 2 is 2.00 bits per heavy atom. The maximum Gasteiger partial charge on any atom is 0.263 e. The molecular weight excluding hydrogens is 464 g/mol. The van der Waals surface area contributed by atoms with E-state index in [1.54, 1.807) is 19.2 Å². The van der Waals surface area contributed by atoms with Crippen LogP contribution in [0.5, 0.6) is 11.5 Å². The minimum Gasteiger partial charge on any atom is -0.493 e. The van der Waals surface area contributed by atoms with Gasteiger partial charge in [-0.05, 0) is 42.7 Å². The summed E-state index contributed by atoms with van der Waals surface area (Å²) in [4.78, 5) is 31.8. The molecule has 0 radical (unpaired) electrons. The molecule has 1 N–H and O–H groups in total. The fourth-order valence-electron chi connectivity index (χ4n) is 3.67.